The van der Waals surface area contributed by atoms with Crippen LogP contribution in [0.5, 0.6) is 0 Å². The van der Waals surface area contributed by atoms with E-state index in [0.29, 0.717) is 0 Å². The summed E-state index contributed by atoms with van der Waals surface area (Å²) in [7, 11) is 0. The summed E-state index contributed by atoms with van der Waals surface area (Å²) in [6, 6.07) is -2.38. The molecule has 0 aliphatic carbocycles. The smallest absolute Gasteiger partial charge is 0.326 e. The molecule has 9 heteroatoms. The van der Waals surface area contributed by atoms with E-state index in [0.717, 1.165) is 0 Å². The molecule has 0 heterocycles. The molecule has 2 atom stereocenters. The van der Waals surface area contributed by atoms with E-state index in [1.807, 2.05) is 10.6 Å². The zero-order valence-electron chi connectivity index (χ0n) is 9.54. The first-order valence-electron chi connectivity index (χ1n) is 4.95. The fourth-order valence-corrected chi connectivity index (χ4v) is 1.04. The fraction of sp³-hybridized carbons (Fsp3) is 0.556. The van der Waals surface area contributed by atoms with E-state index in [-0.39, 0.29) is 6.42 Å². The highest BCUT2D eigenvalue weighted by Crippen LogP contribution is 2.06. The van der Waals surface area contributed by atoms with Crippen molar-refractivity contribution >= 4 is 23.9 Å². The number of carbonyl (C=O) groups excluding carboxylic acids is 1. The molecule has 2 amide bonds. The zero-order chi connectivity index (χ0) is 14.3. The van der Waals surface area contributed by atoms with Crippen molar-refractivity contribution in [2.24, 2.45) is 5.92 Å². The van der Waals surface area contributed by atoms with Crippen molar-refractivity contribution in [3.8, 4) is 0 Å². The van der Waals surface area contributed by atoms with Crippen molar-refractivity contribution in [2.45, 2.75) is 19.4 Å². The molecule has 0 saturated heterocycles. The lowest BCUT2D eigenvalue weighted by Crippen LogP contribution is -2.48. The summed E-state index contributed by atoms with van der Waals surface area (Å²) in [5.74, 6) is -4.82. The Kier molecular flexibility index (Phi) is 6.18. The molecule has 0 radical (unpaired) electrons. The average molecular weight is 262 g/mol. The van der Waals surface area contributed by atoms with Gasteiger partial charge in [0.2, 0.25) is 0 Å². The predicted molar refractivity (Wildman–Crippen MR) is 57.0 cm³/mol. The van der Waals surface area contributed by atoms with E-state index in [1.54, 1.807) is 0 Å². The van der Waals surface area contributed by atoms with E-state index in [9.17, 15) is 19.2 Å². The van der Waals surface area contributed by atoms with Gasteiger partial charge in [0.15, 0.2) is 0 Å². The van der Waals surface area contributed by atoms with Crippen LogP contribution in [0, 0.1) is 5.92 Å². The van der Waals surface area contributed by atoms with Crippen LogP contribution < -0.4 is 10.6 Å². The molecule has 0 aromatic rings. The summed E-state index contributed by atoms with van der Waals surface area (Å²) >= 11 is 0. The first-order chi connectivity index (χ1) is 8.23. The van der Waals surface area contributed by atoms with Gasteiger partial charge in [-0.2, -0.15) is 0 Å². The predicted octanol–water partition coefficient (Wildman–Crippen LogP) is -1.07. The Balaban J connectivity index is 4.36. The Morgan fingerprint density at radius 3 is 2.00 bits per heavy atom. The van der Waals surface area contributed by atoms with E-state index in [1.165, 1.54) is 6.92 Å². The van der Waals surface area contributed by atoms with Crippen LogP contribution in [0.3, 0.4) is 0 Å². The Morgan fingerprint density at radius 1 is 1.06 bits per heavy atom. The number of nitrogens with one attached hydrogen (secondary N) is 2. The highest BCUT2D eigenvalue weighted by molar-refractivity contribution is 5.85. The number of carboxylic acid groups (broad SMARTS) is 3. The van der Waals surface area contributed by atoms with Gasteiger partial charge in [-0.25, -0.2) is 9.59 Å². The van der Waals surface area contributed by atoms with Crippen LogP contribution in [-0.4, -0.2) is 51.8 Å². The topological polar surface area (TPSA) is 153 Å². The molecule has 0 aromatic heterocycles. The van der Waals surface area contributed by atoms with Gasteiger partial charge >= 0.3 is 23.9 Å². The van der Waals surface area contributed by atoms with E-state index in [2.05, 4.69) is 0 Å². The molecule has 0 rings (SSSR count). The summed E-state index contributed by atoms with van der Waals surface area (Å²) in [5, 5.41) is 29.6. The molecule has 0 spiro atoms. The van der Waals surface area contributed by atoms with Gasteiger partial charge in [0.25, 0.3) is 0 Å². The molecule has 0 aromatic carbocycles. The van der Waals surface area contributed by atoms with Crippen molar-refractivity contribution in [3.63, 3.8) is 0 Å². The lowest BCUT2D eigenvalue weighted by Gasteiger charge is -2.16. The second-order valence-electron chi connectivity index (χ2n) is 3.59. The number of amides is 2. The summed E-state index contributed by atoms with van der Waals surface area (Å²) < 4.78 is 0. The Morgan fingerprint density at radius 2 is 1.61 bits per heavy atom. The SMILES string of the molecule is CC(C[C@H](NC(=O)NCC(=O)O)C(=O)O)C(=O)O. The number of hydrogen-bond donors (Lipinski definition) is 5. The van der Waals surface area contributed by atoms with Crippen LogP contribution in [-0.2, 0) is 14.4 Å². The highest BCUT2D eigenvalue weighted by Gasteiger charge is 2.25. The zero-order valence-corrected chi connectivity index (χ0v) is 9.54. The van der Waals surface area contributed by atoms with E-state index < -0.39 is 42.4 Å². The van der Waals surface area contributed by atoms with Gasteiger partial charge in [-0.15, -0.1) is 0 Å². The van der Waals surface area contributed by atoms with Gasteiger partial charge in [-0.3, -0.25) is 9.59 Å². The van der Waals surface area contributed by atoms with Gasteiger partial charge in [0, 0.05) is 0 Å². The molecule has 18 heavy (non-hydrogen) atoms. The minimum absolute atomic E-state index is 0.300. The first-order valence-corrected chi connectivity index (χ1v) is 4.95. The summed E-state index contributed by atoms with van der Waals surface area (Å²) in [6.07, 6.45) is -0.300. The van der Waals surface area contributed by atoms with Crippen molar-refractivity contribution in [3.05, 3.63) is 0 Å². The van der Waals surface area contributed by atoms with Crippen molar-refractivity contribution in [2.75, 3.05) is 6.54 Å². The molecule has 102 valence electrons. The molecule has 5 N–H and O–H groups in total. The maximum Gasteiger partial charge on any atom is 0.326 e. The number of carbonyl (C=O) groups is 4. The Hall–Kier alpha value is -2.32. The van der Waals surface area contributed by atoms with E-state index in [4.69, 9.17) is 15.3 Å². The van der Waals surface area contributed by atoms with Crippen LogP contribution in [0.15, 0.2) is 0 Å². The second-order valence-corrected chi connectivity index (χ2v) is 3.59. The molecule has 9 nitrogen and oxygen atoms in total. The molecule has 0 fully saturated rings. The summed E-state index contributed by atoms with van der Waals surface area (Å²) in [4.78, 5) is 42.6. The van der Waals surface area contributed by atoms with Gasteiger partial charge in [-0.05, 0) is 6.42 Å². The summed E-state index contributed by atoms with van der Waals surface area (Å²) in [5.41, 5.74) is 0. The van der Waals surface area contributed by atoms with Crippen LogP contribution in [0.1, 0.15) is 13.3 Å². The lowest BCUT2D eigenvalue weighted by atomic mass is 10.0. The molecular formula is C9H14N2O7. The van der Waals surface area contributed by atoms with Crippen LogP contribution in [0.25, 0.3) is 0 Å². The molecule has 1 unspecified atom stereocenters. The quantitative estimate of drug-likeness (QED) is 0.391. The van der Waals surface area contributed by atoms with Crippen LogP contribution in [0.2, 0.25) is 0 Å². The first kappa shape index (κ1) is 15.7. The third-order valence-electron chi connectivity index (χ3n) is 2.01. The average Bonchev–Trinajstić information content (AvgIpc) is 2.24. The van der Waals surface area contributed by atoms with Crippen molar-refractivity contribution < 1.29 is 34.5 Å². The largest absolute Gasteiger partial charge is 0.481 e. The highest BCUT2D eigenvalue weighted by atomic mass is 16.4. The molecular weight excluding hydrogens is 248 g/mol. The minimum Gasteiger partial charge on any atom is -0.481 e. The van der Waals surface area contributed by atoms with Crippen molar-refractivity contribution in [1.82, 2.24) is 10.6 Å². The molecule has 0 aliphatic rings. The maximum absolute atomic E-state index is 11.1. The number of carboxylic acids is 3. The monoisotopic (exact) mass is 262 g/mol. The molecule has 0 saturated carbocycles. The molecule has 0 aliphatic heterocycles. The minimum atomic E-state index is -1.40. The normalized spacial score (nSPS) is 13.2. The van der Waals surface area contributed by atoms with Gasteiger partial charge in [-0.1, -0.05) is 6.92 Å². The Bertz CT molecular complexity index is 355. The van der Waals surface area contributed by atoms with Gasteiger partial charge in [0.1, 0.15) is 12.6 Å². The standard InChI is InChI=1S/C9H14N2O7/c1-4(7(14)15)2-5(8(16)17)11-9(18)10-3-6(12)13/h4-5H,2-3H2,1H3,(H,12,13)(H,14,15)(H,16,17)(H2,10,11,18)/t4?,5-/m0/s1. The van der Waals surface area contributed by atoms with Gasteiger partial charge in [0.05, 0.1) is 5.92 Å². The molecule has 0 bridgehead atoms. The fourth-order valence-electron chi connectivity index (χ4n) is 1.04. The lowest BCUT2D eigenvalue weighted by molar-refractivity contribution is -0.143. The summed E-state index contributed by atoms with van der Waals surface area (Å²) in [6.45, 7) is 0.641. The number of hydrogen-bond acceptors (Lipinski definition) is 4. The van der Waals surface area contributed by atoms with Crippen LogP contribution >= 0.6 is 0 Å². The van der Waals surface area contributed by atoms with E-state index >= 15 is 0 Å². The Labute approximate surface area is 102 Å². The van der Waals surface area contributed by atoms with Gasteiger partial charge < -0.3 is 26.0 Å². The number of aliphatic carboxylic acids is 3. The number of urea groups is 1. The second kappa shape index (κ2) is 7.09. The maximum atomic E-state index is 11.1. The third kappa shape index (κ3) is 6.30. The van der Waals surface area contributed by atoms with Crippen molar-refractivity contribution in [1.29, 1.82) is 0 Å². The third-order valence-corrected chi connectivity index (χ3v) is 2.01. The number of rotatable bonds is 7. The van der Waals surface area contributed by atoms with Crippen LogP contribution in [0.4, 0.5) is 4.79 Å².